The molecule has 1 unspecified atom stereocenters. The van der Waals surface area contributed by atoms with Crippen LogP contribution in [-0.4, -0.2) is 54.1 Å². The lowest BCUT2D eigenvalue weighted by Crippen LogP contribution is -2.39. The van der Waals surface area contributed by atoms with Gasteiger partial charge < -0.3 is 19.9 Å². The molecular formula is C17H20N2O7. The Bertz CT molecular complexity index is 672. The molecule has 1 aromatic rings. The first-order valence-electron chi connectivity index (χ1n) is 7.92. The Morgan fingerprint density at radius 1 is 1.31 bits per heavy atom. The van der Waals surface area contributed by atoms with Crippen LogP contribution in [0, 0.1) is 0 Å². The molecule has 1 heterocycles. The topological polar surface area (TPSA) is 114 Å². The summed E-state index contributed by atoms with van der Waals surface area (Å²) in [7, 11) is 0. The summed E-state index contributed by atoms with van der Waals surface area (Å²) >= 11 is 0. The number of amides is 2. The molecule has 9 heteroatoms. The Morgan fingerprint density at radius 2 is 2.04 bits per heavy atom. The van der Waals surface area contributed by atoms with Gasteiger partial charge in [-0.2, -0.15) is 5.06 Å². The molecule has 0 radical (unpaired) electrons. The average molecular weight is 364 g/mol. The van der Waals surface area contributed by atoms with Gasteiger partial charge in [-0.15, -0.1) is 0 Å². The van der Waals surface area contributed by atoms with E-state index < -0.39 is 18.4 Å². The monoisotopic (exact) mass is 364 g/mol. The van der Waals surface area contributed by atoms with E-state index in [2.05, 4.69) is 5.32 Å². The van der Waals surface area contributed by atoms with Crippen molar-refractivity contribution in [1.29, 1.82) is 0 Å². The number of benzene rings is 1. The fourth-order valence-electron chi connectivity index (χ4n) is 2.05. The van der Waals surface area contributed by atoms with E-state index in [9.17, 15) is 14.4 Å². The van der Waals surface area contributed by atoms with Crippen molar-refractivity contribution in [2.45, 2.75) is 19.8 Å². The van der Waals surface area contributed by atoms with E-state index >= 15 is 0 Å². The molecule has 9 nitrogen and oxygen atoms in total. The molecule has 1 aliphatic heterocycles. The molecular weight excluding hydrogens is 344 g/mol. The standard InChI is InChI=1S/C17H20N2O7/c1-12(21)25-15-3-2-9-19(26-15)17(23)24-11-13-4-6-14(7-5-13)16(22)18-8-10-20/h2-7,15,20H,8-11H2,1H3,(H,18,22). The molecule has 0 saturated heterocycles. The molecule has 0 aromatic heterocycles. The molecule has 1 atom stereocenters. The van der Waals surface area contributed by atoms with Gasteiger partial charge >= 0.3 is 12.1 Å². The third-order valence-corrected chi connectivity index (χ3v) is 3.26. The van der Waals surface area contributed by atoms with Gasteiger partial charge in [0.15, 0.2) is 0 Å². The van der Waals surface area contributed by atoms with Crippen molar-refractivity contribution in [3.05, 3.63) is 47.5 Å². The fraction of sp³-hybridized carbons (Fsp3) is 0.353. The first kappa shape index (κ1) is 19.4. The van der Waals surface area contributed by atoms with Gasteiger partial charge in [0.1, 0.15) is 6.61 Å². The maximum Gasteiger partial charge on any atom is 0.434 e. The zero-order chi connectivity index (χ0) is 18.9. The maximum atomic E-state index is 12.0. The van der Waals surface area contributed by atoms with E-state index in [0.29, 0.717) is 11.1 Å². The van der Waals surface area contributed by atoms with Crippen molar-refractivity contribution < 1.29 is 33.8 Å². The number of aliphatic hydroxyl groups excluding tert-OH is 1. The highest BCUT2D eigenvalue weighted by atomic mass is 16.8. The number of aliphatic hydroxyl groups is 1. The summed E-state index contributed by atoms with van der Waals surface area (Å²) in [5, 5.41) is 12.2. The van der Waals surface area contributed by atoms with Crippen molar-refractivity contribution in [2.24, 2.45) is 0 Å². The Balaban J connectivity index is 1.82. The number of hydroxylamine groups is 2. The number of nitrogens with zero attached hydrogens (tertiary/aromatic N) is 1. The molecule has 0 spiro atoms. The van der Waals surface area contributed by atoms with Crippen LogP contribution < -0.4 is 5.32 Å². The number of nitrogens with one attached hydrogen (secondary N) is 1. The number of hydrogen-bond acceptors (Lipinski definition) is 7. The number of esters is 1. The molecule has 2 amide bonds. The van der Waals surface area contributed by atoms with Crippen LogP contribution in [-0.2, 0) is 25.7 Å². The molecule has 0 bridgehead atoms. The summed E-state index contributed by atoms with van der Waals surface area (Å²) in [6, 6.07) is 6.49. The second-order valence-electron chi connectivity index (χ2n) is 5.30. The Kier molecular flexibility index (Phi) is 7.12. The van der Waals surface area contributed by atoms with Gasteiger partial charge in [0.25, 0.3) is 5.91 Å². The predicted molar refractivity (Wildman–Crippen MR) is 88.5 cm³/mol. The van der Waals surface area contributed by atoms with Crippen LogP contribution >= 0.6 is 0 Å². The second-order valence-corrected chi connectivity index (χ2v) is 5.30. The van der Waals surface area contributed by atoms with Crippen molar-refractivity contribution >= 4 is 18.0 Å². The van der Waals surface area contributed by atoms with E-state index in [-0.39, 0.29) is 32.2 Å². The summed E-state index contributed by atoms with van der Waals surface area (Å²) in [4.78, 5) is 39.8. The minimum atomic E-state index is -0.967. The van der Waals surface area contributed by atoms with Crippen molar-refractivity contribution in [1.82, 2.24) is 10.4 Å². The van der Waals surface area contributed by atoms with Crippen molar-refractivity contribution in [3.8, 4) is 0 Å². The predicted octanol–water partition coefficient (Wildman–Crippen LogP) is 0.738. The van der Waals surface area contributed by atoms with Crippen LogP contribution in [0.15, 0.2) is 36.4 Å². The summed E-state index contributed by atoms with van der Waals surface area (Å²) in [5.41, 5.74) is 1.11. The van der Waals surface area contributed by atoms with Gasteiger partial charge in [-0.1, -0.05) is 18.2 Å². The highest BCUT2D eigenvalue weighted by Crippen LogP contribution is 2.12. The molecule has 26 heavy (non-hydrogen) atoms. The Hall–Kier alpha value is -2.91. The molecule has 0 aliphatic carbocycles. The Labute approximate surface area is 150 Å². The van der Waals surface area contributed by atoms with E-state index in [1.165, 1.54) is 13.0 Å². The number of ether oxygens (including phenoxy) is 2. The molecule has 0 fully saturated rings. The van der Waals surface area contributed by atoms with Gasteiger partial charge in [0.05, 0.1) is 13.2 Å². The molecule has 0 saturated carbocycles. The quantitative estimate of drug-likeness (QED) is 0.565. The van der Waals surface area contributed by atoms with Gasteiger partial charge in [-0.3, -0.25) is 9.59 Å². The van der Waals surface area contributed by atoms with Crippen LogP contribution in [0.5, 0.6) is 0 Å². The second kappa shape index (κ2) is 9.54. The van der Waals surface area contributed by atoms with Gasteiger partial charge in [0.2, 0.25) is 6.29 Å². The first-order chi connectivity index (χ1) is 12.5. The molecule has 2 rings (SSSR count). The van der Waals surface area contributed by atoms with Crippen molar-refractivity contribution in [3.63, 3.8) is 0 Å². The molecule has 1 aromatic carbocycles. The zero-order valence-electron chi connectivity index (χ0n) is 14.2. The lowest BCUT2D eigenvalue weighted by molar-refractivity contribution is -0.239. The normalized spacial score (nSPS) is 16.1. The van der Waals surface area contributed by atoms with Gasteiger partial charge in [-0.25, -0.2) is 9.63 Å². The fourth-order valence-corrected chi connectivity index (χ4v) is 2.05. The third-order valence-electron chi connectivity index (χ3n) is 3.26. The molecule has 140 valence electrons. The van der Waals surface area contributed by atoms with E-state index in [1.54, 1.807) is 30.3 Å². The highest BCUT2D eigenvalue weighted by Gasteiger charge is 2.24. The number of carbonyl (C=O) groups excluding carboxylic acids is 3. The molecule has 1 aliphatic rings. The highest BCUT2D eigenvalue weighted by molar-refractivity contribution is 5.94. The van der Waals surface area contributed by atoms with Crippen LogP contribution in [0.3, 0.4) is 0 Å². The lowest BCUT2D eigenvalue weighted by Gasteiger charge is -2.26. The van der Waals surface area contributed by atoms with Crippen LogP contribution in [0.2, 0.25) is 0 Å². The largest absolute Gasteiger partial charge is 0.443 e. The summed E-state index contributed by atoms with van der Waals surface area (Å²) in [6.07, 6.45) is 1.45. The van der Waals surface area contributed by atoms with Crippen LogP contribution in [0.25, 0.3) is 0 Å². The Morgan fingerprint density at radius 3 is 2.69 bits per heavy atom. The van der Waals surface area contributed by atoms with E-state index in [4.69, 9.17) is 19.4 Å². The SMILES string of the molecule is CC(=O)OC1C=CCN(C(=O)OCc2ccc(C(=O)NCCO)cc2)O1. The number of hydrogen-bond donors (Lipinski definition) is 2. The number of carbonyl (C=O) groups is 3. The smallest absolute Gasteiger partial charge is 0.434 e. The van der Waals surface area contributed by atoms with Crippen LogP contribution in [0.1, 0.15) is 22.8 Å². The summed E-state index contributed by atoms with van der Waals surface area (Å²) < 4.78 is 9.99. The van der Waals surface area contributed by atoms with Gasteiger partial charge in [-0.05, 0) is 23.8 Å². The lowest BCUT2D eigenvalue weighted by atomic mass is 10.1. The third kappa shape index (κ3) is 5.87. The minimum Gasteiger partial charge on any atom is -0.443 e. The van der Waals surface area contributed by atoms with Crippen molar-refractivity contribution in [2.75, 3.05) is 19.7 Å². The van der Waals surface area contributed by atoms with E-state index in [1.807, 2.05) is 0 Å². The van der Waals surface area contributed by atoms with Crippen LogP contribution in [0.4, 0.5) is 4.79 Å². The zero-order valence-corrected chi connectivity index (χ0v) is 14.2. The molecule has 2 N–H and O–H groups in total. The summed E-state index contributed by atoms with van der Waals surface area (Å²) in [5.74, 6) is -0.828. The van der Waals surface area contributed by atoms with E-state index in [0.717, 1.165) is 5.06 Å². The maximum absolute atomic E-state index is 12.0. The number of rotatable bonds is 6. The first-order valence-corrected chi connectivity index (χ1v) is 7.92. The minimum absolute atomic E-state index is 0.0147. The average Bonchev–Trinajstić information content (AvgIpc) is 2.64. The summed E-state index contributed by atoms with van der Waals surface area (Å²) in [6.45, 7) is 1.44. The van der Waals surface area contributed by atoms with Gasteiger partial charge in [0, 0.05) is 19.0 Å².